The van der Waals surface area contributed by atoms with Gasteiger partial charge in [0.25, 0.3) is 0 Å². The molecule has 1 fully saturated rings. The van der Waals surface area contributed by atoms with Gasteiger partial charge in [-0.05, 0) is 26.3 Å². The van der Waals surface area contributed by atoms with E-state index in [1.807, 2.05) is 0 Å². The Morgan fingerprint density at radius 3 is 2.75 bits per heavy atom. The summed E-state index contributed by atoms with van der Waals surface area (Å²) in [7, 11) is 1.71. The van der Waals surface area contributed by atoms with E-state index in [2.05, 4.69) is 27.4 Å². The molecule has 0 aromatic rings. The van der Waals surface area contributed by atoms with Gasteiger partial charge in [-0.2, -0.15) is 0 Å². The number of ether oxygens (including phenoxy) is 2. The smallest absolute Gasteiger partial charge is 0.191 e. The van der Waals surface area contributed by atoms with Crippen molar-refractivity contribution in [1.29, 1.82) is 0 Å². The summed E-state index contributed by atoms with van der Waals surface area (Å²) in [6.07, 6.45) is 2.32. The van der Waals surface area contributed by atoms with Gasteiger partial charge in [-0.15, -0.1) is 0 Å². The van der Waals surface area contributed by atoms with Crippen LogP contribution in [0, 0.1) is 0 Å². The van der Waals surface area contributed by atoms with E-state index >= 15 is 0 Å². The first-order valence-corrected chi connectivity index (χ1v) is 7.68. The predicted molar refractivity (Wildman–Crippen MR) is 82.4 cm³/mol. The fourth-order valence-corrected chi connectivity index (χ4v) is 2.08. The molecule has 0 atom stereocenters. The lowest BCUT2D eigenvalue weighted by atomic mass is 10.3. The van der Waals surface area contributed by atoms with Crippen LogP contribution < -0.4 is 10.6 Å². The third-order valence-electron chi connectivity index (χ3n) is 3.20. The number of hydrogen-bond donors (Lipinski definition) is 2. The van der Waals surface area contributed by atoms with Crippen LogP contribution in [-0.4, -0.2) is 77.1 Å². The summed E-state index contributed by atoms with van der Waals surface area (Å²) >= 11 is 0. The number of unbranched alkanes of at least 4 members (excludes halogenated alkanes) is 1. The monoisotopic (exact) mass is 286 g/mol. The number of methoxy groups -OCH3 is 1. The van der Waals surface area contributed by atoms with E-state index in [0.717, 1.165) is 64.9 Å². The van der Waals surface area contributed by atoms with E-state index < -0.39 is 0 Å². The first kappa shape index (κ1) is 17.2. The minimum atomic E-state index is 0.696. The molecule has 0 amide bonds. The molecule has 0 radical (unpaired) electrons. The molecular weight excluding hydrogens is 256 g/mol. The quantitative estimate of drug-likeness (QED) is 0.363. The Hall–Kier alpha value is -0.850. The van der Waals surface area contributed by atoms with Crippen LogP contribution in [0.2, 0.25) is 0 Å². The highest BCUT2D eigenvalue weighted by atomic mass is 16.5. The summed E-state index contributed by atoms with van der Waals surface area (Å²) in [6, 6.07) is 0. The van der Waals surface area contributed by atoms with Gasteiger partial charge in [0.2, 0.25) is 0 Å². The number of nitrogens with one attached hydrogen (secondary N) is 2. The molecule has 0 spiro atoms. The zero-order valence-corrected chi connectivity index (χ0v) is 13.0. The summed E-state index contributed by atoms with van der Waals surface area (Å²) in [5, 5.41) is 6.49. The molecule has 0 aromatic heterocycles. The van der Waals surface area contributed by atoms with E-state index in [1.165, 1.54) is 6.42 Å². The standard InChI is InChI=1S/C14H30N4O2/c1-3-15-14(17-7-11-19-2)16-6-4-5-8-18-9-12-20-13-10-18/h3-13H2,1-2H3,(H2,15,16,17). The summed E-state index contributed by atoms with van der Waals surface area (Å²) in [4.78, 5) is 7.03. The number of aliphatic imine (C=N–C) groups is 1. The Morgan fingerprint density at radius 1 is 1.25 bits per heavy atom. The highest BCUT2D eigenvalue weighted by Crippen LogP contribution is 2.00. The second-order valence-electron chi connectivity index (χ2n) is 4.84. The third-order valence-corrected chi connectivity index (χ3v) is 3.20. The molecule has 1 rings (SSSR count). The minimum Gasteiger partial charge on any atom is -0.383 e. The van der Waals surface area contributed by atoms with Crippen LogP contribution in [0.25, 0.3) is 0 Å². The predicted octanol–water partition coefficient (Wildman–Crippen LogP) is 0.300. The maximum absolute atomic E-state index is 5.34. The summed E-state index contributed by atoms with van der Waals surface area (Å²) in [5.41, 5.74) is 0. The van der Waals surface area contributed by atoms with Crippen LogP contribution in [-0.2, 0) is 9.47 Å². The van der Waals surface area contributed by atoms with E-state index in [4.69, 9.17) is 9.47 Å². The first-order chi connectivity index (χ1) is 9.86. The van der Waals surface area contributed by atoms with Crippen LogP contribution in [0.3, 0.4) is 0 Å². The van der Waals surface area contributed by atoms with Gasteiger partial charge < -0.3 is 20.1 Å². The Morgan fingerprint density at radius 2 is 2.05 bits per heavy atom. The van der Waals surface area contributed by atoms with Crippen molar-refractivity contribution in [3.8, 4) is 0 Å². The molecule has 1 aliphatic heterocycles. The Balaban J connectivity index is 2.08. The van der Waals surface area contributed by atoms with Gasteiger partial charge in [0, 0.05) is 39.8 Å². The van der Waals surface area contributed by atoms with E-state index in [1.54, 1.807) is 7.11 Å². The van der Waals surface area contributed by atoms with Gasteiger partial charge in [-0.3, -0.25) is 9.89 Å². The van der Waals surface area contributed by atoms with Gasteiger partial charge in [-0.25, -0.2) is 0 Å². The van der Waals surface area contributed by atoms with Crippen LogP contribution in [0.4, 0.5) is 0 Å². The molecular formula is C14H30N4O2. The molecule has 118 valence electrons. The second kappa shape index (κ2) is 11.9. The molecule has 0 aliphatic carbocycles. The third kappa shape index (κ3) is 8.35. The van der Waals surface area contributed by atoms with Crippen molar-refractivity contribution in [2.45, 2.75) is 19.8 Å². The lowest BCUT2D eigenvalue weighted by molar-refractivity contribution is 0.0373. The molecule has 0 saturated carbocycles. The van der Waals surface area contributed by atoms with Gasteiger partial charge in [-0.1, -0.05) is 0 Å². The molecule has 0 aromatic carbocycles. The highest BCUT2D eigenvalue weighted by Gasteiger charge is 2.08. The Kier molecular flexibility index (Phi) is 10.3. The first-order valence-electron chi connectivity index (χ1n) is 7.68. The van der Waals surface area contributed by atoms with Crippen molar-refractivity contribution >= 4 is 5.96 Å². The summed E-state index contributed by atoms with van der Waals surface area (Å²) in [5.74, 6) is 0.885. The topological polar surface area (TPSA) is 58.1 Å². The number of nitrogens with zero attached hydrogens (tertiary/aromatic N) is 2. The van der Waals surface area contributed by atoms with E-state index in [-0.39, 0.29) is 0 Å². The lowest BCUT2D eigenvalue weighted by Crippen LogP contribution is -2.39. The fourth-order valence-electron chi connectivity index (χ4n) is 2.08. The highest BCUT2D eigenvalue weighted by molar-refractivity contribution is 5.79. The minimum absolute atomic E-state index is 0.696. The van der Waals surface area contributed by atoms with Crippen molar-refractivity contribution < 1.29 is 9.47 Å². The molecule has 0 bridgehead atoms. The van der Waals surface area contributed by atoms with Crippen LogP contribution >= 0.6 is 0 Å². The number of hydrogen-bond acceptors (Lipinski definition) is 4. The van der Waals surface area contributed by atoms with Crippen LogP contribution in [0.5, 0.6) is 0 Å². The molecule has 0 unspecified atom stereocenters. The Labute approximate surface area is 122 Å². The van der Waals surface area contributed by atoms with Crippen molar-refractivity contribution in [3.63, 3.8) is 0 Å². The second-order valence-corrected chi connectivity index (χ2v) is 4.84. The SMILES string of the molecule is CCNC(=NCCCCN1CCOCC1)NCCOC. The maximum atomic E-state index is 5.34. The normalized spacial score (nSPS) is 17.2. The molecule has 20 heavy (non-hydrogen) atoms. The number of rotatable bonds is 9. The average Bonchev–Trinajstić information content (AvgIpc) is 2.48. The van der Waals surface area contributed by atoms with Gasteiger partial charge in [0.05, 0.1) is 19.8 Å². The van der Waals surface area contributed by atoms with Gasteiger partial charge >= 0.3 is 0 Å². The van der Waals surface area contributed by atoms with Crippen molar-refractivity contribution in [2.75, 3.05) is 66.2 Å². The van der Waals surface area contributed by atoms with Gasteiger partial charge in [0.15, 0.2) is 5.96 Å². The molecule has 1 saturated heterocycles. The molecule has 6 heteroatoms. The number of morpholine rings is 1. The van der Waals surface area contributed by atoms with Crippen LogP contribution in [0.15, 0.2) is 4.99 Å². The summed E-state index contributed by atoms with van der Waals surface area (Å²) in [6.45, 7) is 10.4. The van der Waals surface area contributed by atoms with Gasteiger partial charge in [0.1, 0.15) is 0 Å². The van der Waals surface area contributed by atoms with Crippen molar-refractivity contribution in [1.82, 2.24) is 15.5 Å². The van der Waals surface area contributed by atoms with E-state index in [0.29, 0.717) is 6.61 Å². The zero-order chi connectivity index (χ0) is 14.5. The van der Waals surface area contributed by atoms with Crippen molar-refractivity contribution in [2.24, 2.45) is 4.99 Å². The number of guanidine groups is 1. The zero-order valence-electron chi connectivity index (χ0n) is 13.0. The van der Waals surface area contributed by atoms with Crippen molar-refractivity contribution in [3.05, 3.63) is 0 Å². The fraction of sp³-hybridized carbons (Fsp3) is 0.929. The molecule has 1 heterocycles. The lowest BCUT2D eigenvalue weighted by Gasteiger charge is -2.26. The maximum Gasteiger partial charge on any atom is 0.191 e. The molecule has 2 N–H and O–H groups in total. The largest absolute Gasteiger partial charge is 0.383 e. The molecule has 6 nitrogen and oxygen atoms in total. The van der Waals surface area contributed by atoms with E-state index in [9.17, 15) is 0 Å². The van der Waals surface area contributed by atoms with Crippen LogP contribution in [0.1, 0.15) is 19.8 Å². The summed E-state index contributed by atoms with van der Waals surface area (Å²) < 4.78 is 10.4. The Bertz CT molecular complexity index is 256. The molecule has 1 aliphatic rings. The average molecular weight is 286 g/mol.